The van der Waals surface area contributed by atoms with Gasteiger partial charge < -0.3 is 10.1 Å². The highest BCUT2D eigenvalue weighted by Crippen LogP contribution is 2.35. The first-order chi connectivity index (χ1) is 14.3. The Labute approximate surface area is 188 Å². The summed E-state index contributed by atoms with van der Waals surface area (Å²) < 4.78 is 55.0. The lowest BCUT2D eigenvalue weighted by atomic mass is 9.96. The van der Waals surface area contributed by atoms with Gasteiger partial charge in [0.2, 0.25) is 0 Å². The lowest BCUT2D eigenvalue weighted by molar-refractivity contribution is -0.132. The first-order valence-corrected chi connectivity index (χ1v) is 11.4. The molecule has 3 N–H and O–H groups in total. The van der Waals surface area contributed by atoms with Gasteiger partial charge in [0.25, 0.3) is 11.7 Å². The topological polar surface area (TPSA) is 105 Å². The van der Waals surface area contributed by atoms with E-state index >= 15 is 0 Å². The number of carbonyl (C=O) groups excluding carboxylic acids is 1. The lowest BCUT2D eigenvalue weighted by Crippen LogP contribution is -2.57. The molecule has 1 aliphatic heterocycles. The molecule has 0 saturated carbocycles. The van der Waals surface area contributed by atoms with Crippen LogP contribution in [0.1, 0.15) is 12.8 Å². The van der Waals surface area contributed by atoms with Crippen LogP contribution in [0.15, 0.2) is 58.3 Å². The fourth-order valence-corrected chi connectivity index (χ4v) is 5.76. The highest BCUT2D eigenvalue weighted by Gasteiger charge is 2.51. The van der Waals surface area contributed by atoms with Gasteiger partial charge in [-0.3, -0.25) is 10.0 Å². The molecule has 1 amide bonds. The van der Waals surface area contributed by atoms with Crippen molar-refractivity contribution in [1.29, 1.82) is 0 Å². The number of amides is 1. The van der Waals surface area contributed by atoms with Crippen molar-refractivity contribution in [3.8, 4) is 11.5 Å². The van der Waals surface area contributed by atoms with E-state index in [-0.39, 0.29) is 30.1 Å². The van der Waals surface area contributed by atoms with Crippen LogP contribution in [-0.4, -0.2) is 43.1 Å². The van der Waals surface area contributed by atoms with E-state index in [0.29, 0.717) is 41.2 Å². The van der Waals surface area contributed by atoms with Crippen molar-refractivity contribution >= 4 is 39.9 Å². The molecule has 1 saturated heterocycles. The van der Waals surface area contributed by atoms with E-state index < -0.39 is 26.2 Å². The second kappa shape index (κ2) is 10.6. The number of sulfone groups is 1. The van der Waals surface area contributed by atoms with Crippen molar-refractivity contribution in [2.24, 2.45) is 0 Å². The molecule has 0 radical (unpaired) electrons. The van der Waals surface area contributed by atoms with Crippen molar-refractivity contribution in [2.75, 3.05) is 13.1 Å². The molecule has 0 unspecified atom stereocenters. The maximum Gasteiger partial charge on any atom is 0.288 e. The van der Waals surface area contributed by atoms with Gasteiger partial charge in [-0.25, -0.2) is 13.9 Å². The van der Waals surface area contributed by atoms with Gasteiger partial charge in [-0.05, 0) is 74.5 Å². The number of hydrogen-bond donors (Lipinski definition) is 3. The first-order valence-electron chi connectivity index (χ1n) is 9.01. The van der Waals surface area contributed by atoms with Crippen LogP contribution in [0.2, 0.25) is 0 Å². The van der Waals surface area contributed by atoms with Gasteiger partial charge in [0.05, 0.1) is 4.90 Å². The standard InChI is InChI=1S/C19H20F2N2O5S2.ClH/c20-18(21)29-15-5-1-13(2-6-15)28-14-3-7-16(8-4-14)30(26,27)19(17(24)23-25)9-11-22-12-10-19;/h1-8,18,22,25H,9-12H2,(H,23,24);1H. The summed E-state index contributed by atoms with van der Waals surface area (Å²) in [6.07, 6.45) is 0.0614. The Morgan fingerprint density at radius 1 is 1.06 bits per heavy atom. The van der Waals surface area contributed by atoms with Gasteiger partial charge in [0.15, 0.2) is 14.6 Å². The molecule has 1 aliphatic rings. The molecule has 1 heterocycles. The molecule has 0 atom stereocenters. The summed E-state index contributed by atoms with van der Waals surface area (Å²) >= 11 is 0.425. The Kier molecular flexibility index (Phi) is 8.66. The number of rotatable bonds is 7. The summed E-state index contributed by atoms with van der Waals surface area (Å²) in [5.41, 5.74) is 1.49. The third-order valence-corrected chi connectivity index (χ3v) is 8.10. The molecule has 2 aromatic rings. The van der Waals surface area contributed by atoms with E-state index in [1.165, 1.54) is 54.0 Å². The third kappa shape index (κ3) is 5.47. The summed E-state index contributed by atoms with van der Waals surface area (Å²) in [6, 6.07) is 11.6. The number of hydrogen-bond acceptors (Lipinski definition) is 7. The normalized spacial score (nSPS) is 15.7. The van der Waals surface area contributed by atoms with E-state index in [2.05, 4.69) is 5.32 Å². The Morgan fingerprint density at radius 3 is 2.06 bits per heavy atom. The minimum atomic E-state index is -4.08. The molecule has 0 bridgehead atoms. The number of alkyl halides is 2. The van der Waals surface area contributed by atoms with Crippen molar-refractivity contribution in [1.82, 2.24) is 10.8 Å². The van der Waals surface area contributed by atoms with E-state index in [4.69, 9.17) is 9.94 Å². The summed E-state index contributed by atoms with van der Waals surface area (Å²) in [4.78, 5) is 12.6. The average Bonchev–Trinajstić information content (AvgIpc) is 2.75. The smallest absolute Gasteiger partial charge is 0.288 e. The largest absolute Gasteiger partial charge is 0.457 e. The van der Waals surface area contributed by atoms with Crippen molar-refractivity contribution in [3.63, 3.8) is 0 Å². The van der Waals surface area contributed by atoms with Crippen LogP contribution >= 0.6 is 24.2 Å². The van der Waals surface area contributed by atoms with Crippen LogP contribution in [0.3, 0.4) is 0 Å². The predicted molar refractivity (Wildman–Crippen MR) is 114 cm³/mol. The molecule has 2 aromatic carbocycles. The molecule has 0 aromatic heterocycles. The molecule has 1 fully saturated rings. The van der Waals surface area contributed by atoms with Crippen molar-refractivity contribution in [2.45, 2.75) is 33.1 Å². The molecule has 31 heavy (non-hydrogen) atoms. The maximum atomic E-state index is 13.2. The van der Waals surface area contributed by atoms with E-state index in [0.717, 1.165) is 0 Å². The summed E-state index contributed by atoms with van der Waals surface area (Å²) in [5, 5.41) is 12.1. The predicted octanol–water partition coefficient (Wildman–Crippen LogP) is 3.62. The van der Waals surface area contributed by atoms with Gasteiger partial charge >= 0.3 is 0 Å². The molecule has 3 rings (SSSR count). The zero-order valence-corrected chi connectivity index (χ0v) is 18.5. The number of ether oxygens (including phenoxy) is 1. The van der Waals surface area contributed by atoms with Crippen molar-refractivity contribution < 1.29 is 31.9 Å². The van der Waals surface area contributed by atoms with E-state index in [1.54, 1.807) is 0 Å². The molecular formula is C19H21ClF2N2O5S2. The van der Waals surface area contributed by atoms with Crippen LogP contribution in [0, 0.1) is 0 Å². The number of thioether (sulfide) groups is 1. The number of nitrogens with one attached hydrogen (secondary N) is 2. The lowest BCUT2D eigenvalue weighted by Gasteiger charge is -2.34. The van der Waals surface area contributed by atoms with Crippen LogP contribution in [0.4, 0.5) is 8.78 Å². The van der Waals surface area contributed by atoms with E-state index in [1.807, 2.05) is 0 Å². The third-order valence-electron chi connectivity index (χ3n) is 4.86. The van der Waals surface area contributed by atoms with Crippen LogP contribution in [-0.2, 0) is 14.6 Å². The number of halogens is 3. The Balaban J connectivity index is 0.00000341. The van der Waals surface area contributed by atoms with Gasteiger partial charge in [-0.2, -0.15) is 8.78 Å². The average molecular weight is 495 g/mol. The first kappa shape index (κ1) is 25.3. The second-order valence-corrected chi connectivity index (χ2v) is 9.94. The fourth-order valence-electron chi connectivity index (χ4n) is 3.29. The molecule has 170 valence electrons. The van der Waals surface area contributed by atoms with Gasteiger partial charge in [0, 0.05) is 4.90 Å². The molecular weight excluding hydrogens is 474 g/mol. The van der Waals surface area contributed by atoms with Gasteiger partial charge in [-0.1, -0.05) is 11.8 Å². The number of hydroxylamine groups is 1. The molecule has 0 aliphatic carbocycles. The van der Waals surface area contributed by atoms with E-state index in [9.17, 15) is 22.0 Å². The number of piperidine rings is 1. The Bertz CT molecular complexity index is 983. The van der Waals surface area contributed by atoms with Gasteiger partial charge in [-0.15, -0.1) is 12.4 Å². The molecule has 0 spiro atoms. The highest BCUT2D eigenvalue weighted by molar-refractivity contribution is 7.99. The second-order valence-electron chi connectivity index (χ2n) is 6.61. The SMILES string of the molecule is Cl.O=C(NO)C1(S(=O)(=O)c2ccc(Oc3ccc(SC(F)F)cc3)cc2)CCNCC1. The highest BCUT2D eigenvalue weighted by atomic mass is 35.5. The molecule has 7 nitrogen and oxygen atoms in total. The summed E-state index contributed by atoms with van der Waals surface area (Å²) in [5.74, 6) is -2.72. The summed E-state index contributed by atoms with van der Waals surface area (Å²) in [6.45, 7) is 0.654. The van der Waals surface area contributed by atoms with Crippen LogP contribution < -0.4 is 15.5 Å². The minimum absolute atomic E-state index is 0. The minimum Gasteiger partial charge on any atom is -0.457 e. The van der Waals surface area contributed by atoms with Crippen LogP contribution in [0.25, 0.3) is 0 Å². The zero-order chi connectivity index (χ0) is 21.8. The Morgan fingerprint density at radius 2 is 1.58 bits per heavy atom. The number of carbonyl (C=O) groups is 1. The van der Waals surface area contributed by atoms with Crippen molar-refractivity contribution in [3.05, 3.63) is 48.5 Å². The summed E-state index contributed by atoms with van der Waals surface area (Å²) in [7, 11) is -4.08. The number of benzene rings is 2. The Hall–Kier alpha value is -1.92. The molecule has 12 heteroatoms. The fraction of sp³-hybridized carbons (Fsp3) is 0.316. The monoisotopic (exact) mass is 494 g/mol. The maximum absolute atomic E-state index is 13.2. The quantitative estimate of drug-likeness (QED) is 0.307. The van der Waals surface area contributed by atoms with Gasteiger partial charge in [0.1, 0.15) is 11.5 Å². The zero-order valence-electron chi connectivity index (χ0n) is 16.1. The van der Waals surface area contributed by atoms with Crippen LogP contribution in [0.5, 0.6) is 11.5 Å².